The van der Waals surface area contributed by atoms with Gasteiger partial charge in [-0.25, -0.2) is 0 Å². The number of hydrogen-bond donors (Lipinski definition) is 1. The van der Waals surface area contributed by atoms with Crippen molar-refractivity contribution in [1.29, 1.82) is 0 Å². The molecule has 0 saturated heterocycles. The van der Waals surface area contributed by atoms with E-state index in [-0.39, 0.29) is 11.8 Å². The van der Waals surface area contributed by atoms with Gasteiger partial charge in [-0.2, -0.15) is 0 Å². The van der Waals surface area contributed by atoms with Gasteiger partial charge in [-0.15, -0.1) is 0 Å². The molecule has 0 radical (unpaired) electrons. The highest BCUT2D eigenvalue weighted by Crippen LogP contribution is 2.55. The number of halogens is 1. The first-order valence-electron chi connectivity index (χ1n) is 6.11. The van der Waals surface area contributed by atoms with E-state index in [4.69, 9.17) is 9.84 Å². The standard InChI is InChI=1S/C14H17BrO3/c1-3-9-6-10(15)7-11(13(9)18-2)14(4-5-14)8-12(16)17/h6-7H,3-5,8H2,1-2H3,(H,16,17). The smallest absolute Gasteiger partial charge is 0.304 e. The number of methoxy groups -OCH3 is 1. The van der Waals surface area contributed by atoms with Crippen LogP contribution in [-0.2, 0) is 16.6 Å². The molecule has 0 amide bonds. The van der Waals surface area contributed by atoms with Gasteiger partial charge in [0, 0.05) is 15.5 Å². The van der Waals surface area contributed by atoms with E-state index in [2.05, 4.69) is 22.9 Å². The van der Waals surface area contributed by atoms with Crippen LogP contribution in [0.25, 0.3) is 0 Å². The van der Waals surface area contributed by atoms with Crippen LogP contribution < -0.4 is 4.74 Å². The minimum absolute atomic E-state index is 0.183. The summed E-state index contributed by atoms with van der Waals surface area (Å²) in [6, 6.07) is 4.05. The van der Waals surface area contributed by atoms with Crippen molar-refractivity contribution in [2.75, 3.05) is 7.11 Å². The maximum atomic E-state index is 11.0. The minimum atomic E-state index is -0.743. The van der Waals surface area contributed by atoms with Crippen LogP contribution in [0.15, 0.2) is 16.6 Å². The third-order valence-corrected chi connectivity index (χ3v) is 4.09. The molecule has 1 aliphatic rings. The van der Waals surface area contributed by atoms with Crippen molar-refractivity contribution >= 4 is 21.9 Å². The monoisotopic (exact) mass is 312 g/mol. The van der Waals surface area contributed by atoms with Gasteiger partial charge in [0.25, 0.3) is 0 Å². The lowest BCUT2D eigenvalue weighted by atomic mass is 9.89. The van der Waals surface area contributed by atoms with Crippen LogP contribution in [0.3, 0.4) is 0 Å². The zero-order chi connectivity index (χ0) is 13.3. The molecular formula is C14H17BrO3. The Morgan fingerprint density at radius 2 is 2.17 bits per heavy atom. The van der Waals surface area contributed by atoms with E-state index < -0.39 is 5.97 Å². The molecule has 1 aromatic carbocycles. The molecule has 0 aliphatic heterocycles. The van der Waals surface area contributed by atoms with Crippen LogP contribution in [0, 0.1) is 0 Å². The van der Waals surface area contributed by atoms with E-state index in [0.29, 0.717) is 0 Å². The molecule has 0 heterocycles. The molecule has 1 N–H and O–H groups in total. The van der Waals surface area contributed by atoms with Gasteiger partial charge in [0.05, 0.1) is 13.5 Å². The lowest BCUT2D eigenvalue weighted by Crippen LogP contribution is -2.15. The van der Waals surface area contributed by atoms with Crippen molar-refractivity contribution in [2.24, 2.45) is 0 Å². The zero-order valence-corrected chi connectivity index (χ0v) is 12.2. The Morgan fingerprint density at radius 3 is 2.61 bits per heavy atom. The lowest BCUT2D eigenvalue weighted by Gasteiger charge is -2.20. The first-order chi connectivity index (χ1) is 8.52. The summed E-state index contributed by atoms with van der Waals surface area (Å²) >= 11 is 3.50. The van der Waals surface area contributed by atoms with Crippen molar-refractivity contribution in [3.63, 3.8) is 0 Å². The predicted octanol–water partition coefficient (Wildman–Crippen LogP) is 3.53. The molecular weight excluding hydrogens is 296 g/mol. The number of carboxylic acids is 1. The van der Waals surface area contributed by atoms with E-state index >= 15 is 0 Å². The minimum Gasteiger partial charge on any atom is -0.496 e. The third kappa shape index (κ3) is 2.39. The Hall–Kier alpha value is -1.03. The highest BCUT2D eigenvalue weighted by Gasteiger charge is 2.48. The Morgan fingerprint density at radius 1 is 1.50 bits per heavy atom. The molecule has 0 spiro atoms. The first-order valence-corrected chi connectivity index (χ1v) is 6.90. The molecule has 3 nitrogen and oxygen atoms in total. The molecule has 0 unspecified atom stereocenters. The molecule has 1 aromatic rings. The van der Waals surface area contributed by atoms with Gasteiger partial charge in [0.2, 0.25) is 0 Å². The number of aliphatic carboxylic acids is 1. The van der Waals surface area contributed by atoms with Crippen LogP contribution in [0.4, 0.5) is 0 Å². The normalized spacial score (nSPS) is 16.4. The molecule has 18 heavy (non-hydrogen) atoms. The number of carbonyl (C=O) groups is 1. The van der Waals surface area contributed by atoms with Crippen molar-refractivity contribution in [2.45, 2.75) is 38.0 Å². The highest BCUT2D eigenvalue weighted by molar-refractivity contribution is 9.10. The van der Waals surface area contributed by atoms with E-state index in [1.54, 1.807) is 7.11 Å². The van der Waals surface area contributed by atoms with Gasteiger partial charge in [-0.05, 0) is 37.0 Å². The second-order valence-corrected chi connectivity index (χ2v) is 5.77. The summed E-state index contributed by atoms with van der Waals surface area (Å²) in [4.78, 5) is 11.0. The predicted molar refractivity (Wildman–Crippen MR) is 73.2 cm³/mol. The second kappa shape index (κ2) is 4.92. The third-order valence-electron chi connectivity index (χ3n) is 3.63. The van der Waals surface area contributed by atoms with Gasteiger partial charge >= 0.3 is 5.97 Å². The van der Waals surface area contributed by atoms with Gasteiger partial charge in [0.1, 0.15) is 5.75 Å². The second-order valence-electron chi connectivity index (χ2n) is 4.85. The van der Waals surface area contributed by atoms with Crippen LogP contribution in [0.2, 0.25) is 0 Å². The summed E-state index contributed by atoms with van der Waals surface area (Å²) in [6.45, 7) is 2.07. The van der Waals surface area contributed by atoms with Crippen LogP contribution in [0.5, 0.6) is 5.75 Å². The topological polar surface area (TPSA) is 46.5 Å². The Bertz CT molecular complexity index is 478. The number of benzene rings is 1. The highest BCUT2D eigenvalue weighted by atomic mass is 79.9. The number of aryl methyl sites for hydroxylation is 1. The molecule has 4 heteroatoms. The molecule has 0 bridgehead atoms. The fourth-order valence-electron chi connectivity index (χ4n) is 2.53. The molecule has 1 saturated carbocycles. The summed E-state index contributed by atoms with van der Waals surface area (Å²) in [6.07, 6.45) is 2.91. The Labute approximate surface area is 115 Å². The van der Waals surface area contributed by atoms with E-state index in [1.807, 2.05) is 12.1 Å². The molecule has 0 atom stereocenters. The average Bonchev–Trinajstić information content (AvgIpc) is 3.07. The summed E-state index contributed by atoms with van der Waals surface area (Å²) in [5.74, 6) is 0.118. The number of rotatable bonds is 5. The van der Waals surface area contributed by atoms with Gasteiger partial charge in [-0.1, -0.05) is 22.9 Å². The lowest BCUT2D eigenvalue weighted by molar-refractivity contribution is -0.137. The summed E-state index contributed by atoms with van der Waals surface area (Å²) in [5, 5.41) is 9.06. The number of carboxylic acid groups (broad SMARTS) is 1. The average molecular weight is 313 g/mol. The number of ether oxygens (including phenoxy) is 1. The molecule has 98 valence electrons. The fraction of sp³-hybridized carbons (Fsp3) is 0.500. The summed E-state index contributed by atoms with van der Waals surface area (Å²) in [5.41, 5.74) is 1.95. The van der Waals surface area contributed by atoms with Crippen molar-refractivity contribution < 1.29 is 14.6 Å². The van der Waals surface area contributed by atoms with Crippen LogP contribution in [-0.4, -0.2) is 18.2 Å². The maximum Gasteiger partial charge on any atom is 0.304 e. The SMILES string of the molecule is CCc1cc(Br)cc(C2(CC(=O)O)CC2)c1OC. The van der Waals surface area contributed by atoms with Crippen molar-refractivity contribution in [3.05, 3.63) is 27.7 Å². The van der Waals surface area contributed by atoms with E-state index in [1.165, 1.54) is 0 Å². The Balaban J connectivity index is 2.49. The van der Waals surface area contributed by atoms with Crippen molar-refractivity contribution in [1.82, 2.24) is 0 Å². The van der Waals surface area contributed by atoms with Crippen LogP contribution >= 0.6 is 15.9 Å². The Kier molecular flexibility index (Phi) is 3.66. The molecule has 1 aliphatic carbocycles. The van der Waals surface area contributed by atoms with Gasteiger partial charge in [0.15, 0.2) is 0 Å². The van der Waals surface area contributed by atoms with Crippen molar-refractivity contribution in [3.8, 4) is 5.75 Å². The number of hydrogen-bond acceptors (Lipinski definition) is 2. The maximum absolute atomic E-state index is 11.0. The summed E-state index contributed by atoms with van der Waals surface area (Å²) < 4.78 is 6.51. The first kappa shape index (κ1) is 13.4. The zero-order valence-electron chi connectivity index (χ0n) is 10.6. The fourth-order valence-corrected chi connectivity index (χ4v) is 3.03. The van der Waals surface area contributed by atoms with Crippen LogP contribution in [0.1, 0.15) is 37.3 Å². The molecule has 1 fully saturated rings. The largest absolute Gasteiger partial charge is 0.496 e. The van der Waals surface area contributed by atoms with E-state index in [9.17, 15) is 4.79 Å². The van der Waals surface area contributed by atoms with Gasteiger partial charge in [-0.3, -0.25) is 4.79 Å². The van der Waals surface area contributed by atoms with E-state index in [0.717, 1.165) is 40.6 Å². The molecule has 2 rings (SSSR count). The quantitative estimate of drug-likeness (QED) is 0.904. The summed E-state index contributed by atoms with van der Waals surface area (Å²) in [7, 11) is 1.66. The van der Waals surface area contributed by atoms with Gasteiger partial charge < -0.3 is 9.84 Å². The molecule has 0 aromatic heterocycles.